The normalized spacial score (nSPS) is 16.5. The molecule has 1 heterocycles. The quantitative estimate of drug-likeness (QED) is 0.665. The number of piperidine rings is 1. The third kappa shape index (κ3) is 4.08. The maximum Gasteiger partial charge on any atom is 0.319 e. The maximum atomic E-state index is 11.9. The van der Waals surface area contributed by atoms with Crippen molar-refractivity contribution in [2.75, 3.05) is 40.4 Å². The molecule has 1 fully saturated rings. The summed E-state index contributed by atoms with van der Waals surface area (Å²) in [5.41, 5.74) is 0. The van der Waals surface area contributed by atoms with E-state index in [9.17, 15) is 4.79 Å². The number of hydrogen-bond acceptors (Lipinski definition) is 2. The number of carbonyl (C=O) groups excluding carboxylic acids is 1. The number of hydrogen-bond donors (Lipinski definition) is 0. The van der Waals surface area contributed by atoms with E-state index in [-0.39, 0.29) is 6.03 Å². The Labute approximate surface area is 92.2 Å². The number of methoxy groups -OCH3 is 1. The summed E-state index contributed by atoms with van der Waals surface area (Å²) in [7, 11) is 3.55. The van der Waals surface area contributed by atoms with Gasteiger partial charge in [0.25, 0.3) is 0 Å². The minimum atomic E-state index is 0.172. The van der Waals surface area contributed by atoms with Crippen LogP contribution in [-0.2, 0) is 4.74 Å². The summed E-state index contributed by atoms with van der Waals surface area (Å²) in [6.07, 6.45) is 4.47. The standard InChI is InChI=1S/C11H22N2O2/c1-12(7-6-10-15-2)11(14)13-8-4-3-5-9-13/h3-10H2,1-2H3. The summed E-state index contributed by atoms with van der Waals surface area (Å²) < 4.78 is 4.97. The Morgan fingerprint density at radius 3 is 2.60 bits per heavy atom. The van der Waals surface area contributed by atoms with Crippen molar-refractivity contribution in [2.45, 2.75) is 25.7 Å². The van der Waals surface area contributed by atoms with Crippen LogP contribution < -0.4 is 0 Å². The number of likely N-dealkylation sites (tertiary alicyclic amines) is 1. The maximum absolute atomic E-state index is 11.9. The molecule has 4 nitrogen and oxygen atoms in total. The van der Waals surface area contributed by atoms with E-state index in [1.807, 2.05) is 11.9 Å². The molecule has 1 rings (SSSR count). The third-order valence-electron chi connectivity index (χ3n) is 2.80. The molecule has 0 unspecified atom stereocenters. The van der Waals surface area contributed by atoms with Crippen LogP contribution in [0.1, 0.15) is 25.7 Å². The van der Waals surface area contributed by atoms with Crippen molar-refractivity contribution < 1.29 is 9.53 Å². The van der Waals surface area contributed by atoms with Gasteiger partial charge in [-0.2, -0.15) is 0 Å². The molecule has 0 atom stereocenters. The summed E-state index contributed by atoms with van der Waals surface area (Å²) in [5.74, 6) is 0. The first-order valence-corrected chi connectivity index (χ1v) is 5.74. The fourth-order valence-corrected chi connectivity index (χ4v) is 1.87. The van der Waals surface area contributed by atoms with Crippen LogP contribution in [0.4, 0.5) is 4.79 Å². The molecule has 0 bridgehead atoms. The average Bonchev–Trinajstić information content (AvgIpc) is 2.29. The van der Waals surface area contributed by atoms with Crippen LogP contribution in [0.15, 0.2) is 0 Å². The van der Waals surface area contributed by atoms with Gasteiger partial charge in [-0.3, -0.25) is 0 Å². The van der Waals surface area contributed by atoms with Gasteiger partial charge in [-0.15, -0.1) is 0 Å². The molecule has 15 heavy (non-hydrogen) atoms. The molecule has 1 aliphatic heterocycles. The minimum Gasteiger partial charge on any atom is -0.385 e. The SMILES string of the molecule is COCCCN(C)C(=O)N1CCCCC1. The highest BCUT2D eigenvalue weighted by atomic mass is 16.5. The van der Waals surface area contributed by atoms with E-state index in [0.717, 1.165) is 45.5 Å². The van der Waals surface area contributed by atoms with Gasteiger partial charge in [0.1, 0.15) is 0 Å². The van der Waals surface area contributed by atoms with E-state index in [1.165, 1.54) is 6.42 Å². The molecule has 0 aromatic heterocycles. The van der Waals surface area contributed by atoms with Gasteiger partial charge in [0.2, 0.25) is 0 Å². The first-order chi connectivity index (χ1) is 7.25. The van der Waals surface area contributed by atoms with Gasteiger partial charge in [-0.1, -0.05) is 0 Å². The van der Waals surface area contributed by atoms with Gasteiger partial charge >= 0.3 is 6.03 Å². The van der Waals surface area contributed by atoms with Gasteiger partial charge in [0.15, 0.2) is 0 Å². The van der Waals surface area contributed by atoms with Crippen LogP contribution in [0.2, 0.25) is 0 Å². The molecule has 1 saturated heterocycles. The van der Waals surface area contributed by atoms with Crippen LogP contribution in [0.25, 0.3) is 0 Å². The Kier molecular flexibility index (Phi) is 5.47. The predicted octanol–water partition coefficient (Wildman–Crippen LogP) is 1.56. The lowest BCUT2D eigenvalue weighted by atomic mass is 10.1. The van der Waals surface area contributed by atoms with Crippen LogP contribution in [0.3, 0.4) is 0 Å². The van der Waals surface area contributed by atoms with E-state index in [4.69, 9.17) is 4.74 Å². The highest BCUT2D eigenvalue weighted by molar-refractivity contribution is 5.74. The fourth-order valence-electron chi connectivity index (χ4n) is 1.87. The lowest BCUT2D eigenvalue weighted by Crippen LogP contribution is -2.44. The first kappa shape index (κ1) is 12.3. The van der Waals surface area contributed by atoms with Gasteiger partial charge < -0.3 is 14.5 Å². The van der Waals surface area contributed by atoms with Crippen molar-refractivity contribution in [3.05, 3.63) is 0 Å². The van der Waals surface area contributed by atoms with Crippen molar-refractivity contribution in [2.24, 2.45) is 0 Å². The Morgan fingerprint density at radius 1 is 1.33 bits per heavy atom. The minimum absolute atomic E-state index is 0.172. The summed E-state index contributed by atoms with van der Waals surface area (Å²) in [6.45, 7) is 3.35. The topological polar surface area (TPSA) is 32.8 Å². The summed E-state index contributed by atoms with van der Waals surface area (Å²) in [6, 6.07) is 0.172. The Balaban J connectivity index is 2.24. The van der Waals surface area contributed by atoms with Crippen molar-refractivity contribution in [3.8, 4) is 0 Å². The molecule has 0 saturated carbocycles. The van der Waals surface area contributed by atoms with E-state index < -0.39 is 0 Å². The van der Waals surface area contributed by atoms with Crippen LogP contribution in [0, 0.1) is 0 Å². The summed E-state index contributed by atoms with van der Waals surface area (Å²) >= 11 is 0. The molecule has 0 aromatic carbocycles. The number of amides is 2. The predicted molar refractivity (Wildman–Crippen MR) is 59.9 cm³/mol. The Hall–Kier alpha value is -0.770. The molecule has 0 spiro atoms. The third-order valence-corrected chi connectivity index (χ3v) is 2.80. The molecule has 2 amide bonds. The van der Waals surface area contributed by atoms with Crippen molar-refractivity contribution in [3.63, 3.8) is 0 Å². The zero-order chi connectivity index (χ0) is 11.1. The second kappa shape index (κ2) is 6.67. The summed E-state index contributed by atoms with van der Waals surface area (Å²) in [5, 5.41) is 0. The Morgan fingerprint density at radius 2 is 2.00 bits per heavy atom. The molecule has 0 aromatic rings. The van der Waals surface area contributed by atoms with Gasteiger partial charge in [-0.25, -0.2) is 4.79 Å². The molecular weight excluding hydrogens is 192 g/mol. The second-order valence-corrected chi connectivity index (χ2v) is 4.10. The lowest BCUT2D eigenvalue weighted by molar-refractivity contribution is 0.143. The zero-order valence-electron chi connectivity index (χ0n) is 9.87. The molecule has 88 valence electrons. The fraction of sp³-hybridized carbons (Fsp3) is 0.909. The van der Waals surface area contributed by atoms with Crippen molar-refractivity contribution in [1.29, 1.82) is 0 Å². The summed E-state index contributed by atoms with van der Waals surface area (Å²) in [4.78, 5) is 15.7. The van der Waals surface area contributed by atoms with Crippen molar-refractivity contribution >= 4 is 6.03 Å². The number of rotatable bonds is 4. The number of carbonyl (C=O) groups is 1. The molecular formula is C11H22N2O2. The number of ether oxygens (including phenoxy) is 1. The van der Waals surface area contributed by atoms with E-state index in [0.29, 0.717) is 0 Å². The van der Waals surface area contributed by atoms with Crippen LogP contribution >= 0.6 is 0 Å². The van der Waals surface area contributed by atoms with Gasteiger partial charge in [0, 0.05) is 40.4 Å². The number of nitrogens with zero attached hydrogens (tertiary/aromatic N) is 2. The zero-order valence-corrected chi connectivity index (χ0v) is 9.87. The van der Waals surface area contributed by atoms with Gasteiger partial charge in [-0.05, 0) is 25.7 Å². The number of urea groups is 1. The van der Waals surface area contributed by atoms with Crippen LogP contribution in [0.5, 0.6) is 0 Å². The Bertz CT molecular complexity index is 191. The van der Waals surface area contributed by atoms with Crippen LogP contribution in [-0.4, -0.2) is 56.2 Å². The van der Waals surface area contributed by atoms with E-state index >= 15 is 0 Å². The molecule has 0 aliphatic carbocycles. The van der Waals surface area contributed by atoms with Gasteiger partial charge in [0.05, 0.1) is 0 Å². The molecule has 0 N–H and O–H groups in total. The monoisotopic (exact) mass is 214 g/mol. The van der Waals surface area contributed by atoms with E-state index in [2.05, 4.69) is 0 Å². The van der Waals surface area contributed by atoms with Crippen molar-refractivity contribution in [1.82, 2.24) is 9.80 Å². The highest BCUT2D eigenvalue weighted by Crippen LogP contribution is 2.10. The average molecular weight is 214 g/mol. The smallest absolute Gasteiger partial charge is 0.319 e. The largest absolute Gasteiger partial charge is 0.385 e. The molecule has 4 heteroatoms. The van der Waals surface area contributed by atoms with E-state index in [1.54, 1.807) is 12.0 Å². The first-order valence-electron chi connectivity index (χ1n) is 5.74. The second-order valence-electron chi connectivity index (χ2n) is 4.10. The highest BCUT2D eigenvalue weighted by Gasteiger charge is 2.19. The lowest BCUT2D eigenvalue weighted by Gasteiger charge is -2.31. The molecule has 0 radical (unpaired) electrons. The molecule has 1 aliphatic rings.